The smallest absolute Gasteiger partial charge is 0.119 e. The summed E-state index contributed by atoms with van der Waals surface area (Å²) in [5, 5.41) is 21.9. The minimum absolute atomic E-state index is 0.269. The van der Waals surface area contributed by atoms with Gasteiger partial charge in [0, 0.05) is 12.6 Å². The van der Waals surface area contributed by atoms with E-state index in [9.17, 15) is 5.11 Å². The summed E-state index contributed by atoms with van der Waals surface area (Å²) in [6.07, 6.45) is 4.49. The predicted molar refractivity (Wildman–Crippen MR) is 72.9 cm³/mol. The van der Waals surface area contributed by atoms with Gasteiger partial charge in [-0.3, -0.25) is 0 Å². The monoisotopic (exact) mass is 260 g/mol. The third-order valence-electron chi connectivity index (χ3n) is 3.42. The summed E-state index contributed by atoms with van der Waals surface area (Å²) in [6, 6.07) is 9.52. The van der Waals surface area contributed by atoms with Crippen LogP contribution in [0.15, 0.2) is 24.3 Å². The Hall–Kier alpha value is -1.57. The molecule has 0 radical (unpaired) electrons. The highest BCUT2D eigenvalue weighted by molar-refractivity contribution is 5.34. The maximum atomic E-state index is 9.83. The Kier molecular flexibility index (Phi) is 5.20. The predicted octanol–water partition coefficient (Wildman–Crippen LogP) is 1.83. The van der Waals surface area contributed by atoms with Gasteiger partial charge < -0.3 is 15.2 Å². The molecule has 0 spiro atoms. The van der Waals surface area contributed by atoms with Gasteiger partial charge in [0.2, 0.25) is 0 Å². The molecule has 1 aliphatic rings. The number of nitrogens with one attached hydrogen (secondary N) is 1. The van der Waals surface area contributed by atoms with Gasteiger partial charge in [-0.05, 0) is 37.1 Å². The molecule has 0 aliphatic heterocycles. The van der Waals surface area contributed by atoms with E-state index in [2.05, 4.69) is 11.4 Å². The van der Waals surface area contributed by atoms with E-state index in [1.807, 2.05) is 0 Å². The van der Waals surface area contributed by atoms with Crippen molar-refractivity contribution in [3.05, 3.63) is 29.8 Å². The Morgan fingerprint density at radius 2 is 2.00 bits per heavy atom. The van der Waals surface area contributed by atoms with Crippen molar-refractivity contribution in [1.29, 1.82) is 5.26 Å². The summed E-state index contributed by atoms with van der Waals surface area (Å²) >= 11 is 0. The standard InChI is InChI=1S/C15H20N2O2/c16-9-12-5-7-15(8-6-12)19-11-14(18)10-17-13-3-1-2-4-13/h5-8,13-14,17-18H,1-4,10-11H2. The molecular weight excluding hydrogens is 240 g/mol. The van der Waals surface area contributed by atoms with E-state index in [0.717, 1.165) is 0 Å². The molecule has 2 rings (SSSR count). The highest BCUT2D eigenvalue weighted by atomic mass is 16.5. The van der Waals surface area contributed by atoms with Gasteiger partial charge in [0.15, 0.2) is 0 Å². The van der Waals surface area contributed by atoms with Gasteiger partial charge in [-0.1, -0.05) is 12.8 Å². The number of aliphatic hydroxyl groups excluding tert-OH is 1. The molecule has 1 aromatic carbocycles. The summed E-state index contributed by atoms with van der Waals surface area (Å²) in [7, 11) is 0. The Bertz CT molecular complexity index is 419. The first-order valence-corrected chi connectivity index (χ1v) is 6.82. The molecule has 1 unspecified atom stereocenters. The first-order chi connectivity index (χ1) is 9.28. The molecular formula is C15H20N2O2. The lowest BCUT2D eigenvalue weighted by Gasteiger charge is -2.16. The zero-order valence-electron chi connectivity index (χ0n) is 11.0. The van der Waals surface area contributed by atoms with E-state index >= 15 is 0 Å². The average molecular weight is 260 g/mol. The topological polar surface area (TPSA) is 65.3 Å². The number of hydrogen-bond acceptors (Lipinski definition) is 4. The zero-order valence-corrected chi connectivity index (χ0v) is 11.0. The molecule has 1 aromatic rings. The van der Waals surface area contributed by atoms with Crippen molar-refractivity contribution in [1.82, 2.24) is 5.32 Å². The lowest BCUT2D eigenvalue weighted by atomic mass is 10.2. The summed E-state index contributed by atoms with van der Waals surface area (Å²) in [4.78, 5) is 0. The summed E-state index contributed by atoms with van der Waals surface area (Å²) in [5.41, 5.74) is 0.607. The van der Waals surface area contributed by atoms with Gasteiger partial charge in [0.1, 0.15) is 18.5 Å². The van der Waals surface area contributed by atoms with Crippen molar-refractivity contribution in [2.75, 3.05) is 13.2 Å². The average Bonchev–Trinajstić information content (AvgIpc) is 2.96. The van der Waals surface area contributed by atoms with E-state index in [4.69, 9.17) is 10.00 Å². The minimum atomic E-state index is -0.503. The third-order valence-corrected chi connectivity index (χ3v) is 3.42. The second-order valence-corrected chi connectivity index (χ2v) is 4.99. The van der Waals surface area contributed by atoms with Crippen molar-refractivity contribution in [2.24, 2.45) is 0 Å². The van der Waals surface area contributed by atoms with Crippen LogP contribution in [0, 0.1) is 11.3 Å². The van der Waals surface area contributed by atoms with Crippen molar-refractivity contribution >= 4 is 0 Å². The van der Waals surface area contributed by atoms with Crippen LogP contribution in [0.4, 0.5) is 0 Å². The SMILES string of the molecule is N#Cc1ccc(OCC(O)CNC2CCCC2)cc1. The summed E-state index contributed by atoms with van der Waals surface area (Å²) in [6.45, 7) is 0.840. The Morgan fingerprint density at radius 3 is 2.63 bits per heavy atom. The largest absolute Gasteiger partial charge is 0.491 e. The number of ether oxygens (including phenoxy) is 1. The maximum absolute atomic E-state index is 9.83. The Labute approximate surface area is 114 Å². The molecule has 1 fully saturated rings. The first-order valence-electron chi connectivity index (χ1n) is 6.82. The molecule has 102 valence electrons. The summed E-state index contributed by atoms with van der Waals surface area (Å²) < 4.78 is 5.48. The molecule has 2 N–H and O–H groups in total. The number of nitriles is 1. The third kappa shape index (κ3) is 4.55. The highest BCUT2D eigenvalue weighted by Gasteiger charge is 2.15. The molecule has 19 heavy (non-hydrogen) atoms. The fraction of sp³-hybridized carbons (Fsp3) is 0.533. The Balaban J connectivity index is 1.67. The molecule has 0 heterocycles. The fourth-order valence-electron chi connectivity index (χ4n) is 2.31. The minimum Gasteiger partial charge on any atom is -0.491 e. The van der Waals surface area contributed by atoms with Crippen molar-refractivity contribution in [3.63, 3.8) is 0 Å². The molecule has 4 heteroatoms. The van der Waals surface area contributed by atoms with Crippen molar-refractivity contribution in [3.8, 4) is 11.8 Å². The Morgan fingerprint density at radius 1 is 1.32 bits per heavy atom. The molecule has 0 aromatic heterocycles. The number of benzene rings is 1. The van der Waals surface area contributed by atoms with Gasteiger partial charge >= 0.3 is 0 Å². The van der Waals surface area contributed by atoms with E-state index < -0.39 is 6.10 Å². The quantitative estimate of drug-likeness (QED) is 0.819. The van der Waals surface area contributed by atoms with Gasteiger partial charge in [-0.2, -0.15) is 5.26 Å². The van der Waals surface area contributed by atoms with E-state index in [1.54, 1.807) is 24.3 Å². The van der Waals surface area contributed by atoms with Crippen molar-refractivity contribution in [2.45, 2.75) is 37.8 Å². The molecule has 0 amide bonds. The number of nitrogens with zero attached hydrogens (tertiary/aromatic N) is 1. The molecule has 1 atom stereocenters. The van der Waals surface area contributed by atoms with Crippen molar-refractivity contribution < 1.29 is 9.84 Å². The summed E-state index contributed by atoms with van der Waals surface area (Å²) in [5.74, 6) is 0.680. The number of rotatable bonds is 6. The molecule has 0 bridgehead atoms. The maximum Gasteiger partial charge on any atom is 0.119 e. The molecule has 1 aliphatic carbocycles. The van der Waals surface area contributed by atoms with Crippen LogP contribution in [0.3, 0.4) is 0 Å². The first kappa shape index (κ1) is 13.9. The van der Waals surface area contributed by atoms with Crippen LogP contribution in [0.1, 0.15) is 31.2 Å². The van der Waals surface area contributed by atoms with Gasteiger partial charge in [0.25, 0.3) is 0 Å². The molecule has 1 saturated carbocycles. The van der Waals surface area contributed by atoms with E-state index in [1.165, 1.54) is 25.7 Å². The van der Waals surface area contributed by atoms with Gasteiger partial charge in [0.05, 0.1) is 11.6 Å². The zero-order chi connectivity index (χ0) is 13.5. The molecule has 0 saturated heterocycles. The lowest BCUT2D eigenvalue weighted by molar-refractivity contribution is 0.104. The van der Waals surface area contributed by atoms with Gasteiger partial charge in [-0.15, -0.1) is 0 Å². The second-order valence-electron chi connectivity index (χ2n) is 4.99. The highest BCUT2D eigenvalue weighted by Crippen LogP contribution is 2.17. The van der Waals surface area contributed by atoms with Crippen LogP contribution in [0.2, 0.25) is 0 Å². The van der Waals surface area contributed by atoms with Gasteiger partial charge in [-0.25, -0.2) is 0 Å². The van der Waals surface area contributed by atoms with E-state index in [-0.39, 0.29) is 6.61 Å². The normalized spacial score (nSPS) is 17.1. The van der Waals surface area contributed by atoms with Crippen LogP contribution >= 0.6 is 0 Å². The molecule has 4 nitrogen and oxygen atoms in total. The van der Waals surface area contributed by atoms with Crippen LogP contribution in [0.5, 0.6) is 5.75 Å². The van der Waals surface area contributed by atoms with E-state index in [0.29, 0.717) is 23.9 Å². The fourth-order valence-corrected chi connectivity index (χ4v) is 2.31. The van der Waals surface area contributed by atoms with Crippen LogP contribution < -0.4 is 10.1 Å². The van der Waals surface area contributed by atoms with Crippen LogP contribution in [-0.4, -0.2) is 30.4 Å². The second kappa shape index (κ2) is 7.13. The number of hydrogen-bond donors (Lipinski definition) is 2. The lowest BCUT2D eigenvalue weighted by Crippen LogP contribution is -2.36. The van der Waals surface area contributed by atoms with Crippen LogP contribution in [0.25, 0.3) is 0 Å². The number of aliphatic hydroxyl groups is 1. The van der Waals surface area contributed by atoms with Crippen LogP contribution in [-0.2, 0) is 0 Å².